The zero-order valence-corrected chi connectivity index (χ0v) is 20.6. The second kappa shape index (κ2) is 10.5. The third-order valence-corrected chi connectivity index (χ3v) is 7.99. The number of hydrogen-bond donors (Lipinski definition) is 2. The molecule has 0 radical (unpaired) electrons. The van der Waals surface area contributed by atoms with E-state index in [2.05, 4.69) is 17.4 Å². The van der Waals surface area contributed by atoms with Crippen LogP contribution >= 0.6 is 46.7 Å². The Hall–Kier alpha value is -1.63. The van der Waals surface area contributed by atoms with Gasteiger partial charge in [-0.2, -0.15) is 0 Å². The average Bonchev–Trinajstić information content (AvgIpc) is 3.59. The fraction of sp³-hybridized carbons (Fsp3) is 0.240. The SMILES string of the molecule is CSc1ccc(C(CO)C(=O)Nc2cc(Cl)c(-c3ccc(SC4CC4)cc3)c(Cl)c2)cc1. The molecule has 1 aliphatic rings. The van der Waals surface area contributed by atoms with Crippen molar-refractivity contribution in [3.05, 3.63) is 76.3 Å². The van der Waals surface area contributed by atoms with E-state index in [0.29, 0.717) is 15.7 Å². The van der Waals surface area contributed by atoms with E-state index in [9.17, 15) is 9.90 Å². The number of thioether (sulfide) groups is 2. The molecule has 1 amide bonds. The van der Waals surface area contributed by atoms with Crippen LogP contribution in [0.1, 0.15) is 24.3 Å². The molecule has 3 aromatic rings. The summed E-state index contributed by atoms with van der Waals surface area (Å²) in [5.74, 6) is -0.995. The maximum absolute atomic E-state index is 12.8. The molecule has 0 spiro atoms. The van der Waals surface area contributed by atoms with E-state index in [4.69, 9.17) is 23.2 Å². The number of hydrogen-bond acceptors (Lipinski definition) is 4. The van der Waals surface area contributed by atoms with Gasteiger partial charge in [0.25, 0.3) is 0 Å². The number of amides is 1. The van der Waals surface area contributed by atoms with E-state index < -0.39 is 5.92 Å². The number of anilines is 1. The van der Waals surface area contributed by atoms with Crippen LogP contribution in [0.3, 0.4) is 0 Å². The first-order valence-electron chi connectivity index (χ1n) is 10.3. The zero-order valence-electron chi connectivity index (χ0n) is 17.5. The van der Waals surface area contributed by atoms with E-state index in [1.165, 1.54) is 17.7 Å². The van der Waals surface area contributed by atoms with E-state index >= 15 is 0 Å². The summed E-state index contributed by atoms with van der Waals surface area (Å²) in [6, 6.07) is 19.2. The summed E-state index contributed by atoms with van der Waals surface area (Å²) < 4.78 is 0. The average molecular weight is 505 g/mol. The molecule has 2 N–H and O–H groups in total. The molecule has 1 fully saturated rings. The number of rotatable bonds is 8. The topological polar surface area (TPSA) is 49.3 Å². The second-order valence-electron chi connectivity index (χ2n) is 7.65. The van der Waals surface area contributed by atoms with Gasteiger partial charge in [-0.25, -0.2) is 0 Å². The molecule has 166 valence electrons. The molecule has 0 bridgehead atoms. The summed E-state index contributed by atoms with van der Waals surface area (Å²) in [5.41, 5.74) is 2.91. The van der Waals surface area contributed by atoms with Crippen molar-refractivity contribution in [1.29, 1.82) is 0 Å². The summed E-state index contributed by atoms with van der Waals surface area (Å²) in [5, 5.41) is 14.3. The molecule has 0 aliphatic heterocycles. The van der Waals surface area contributed by atoms with Crippen molar-refractivity contribution in [3.8, 4) is 11.1 Å². The van der Waals surface area contributed by atoms with E-state index in [-0.39, 0.29) is 12.5 Å². The van der Waals surface area contributed by atoms with Gasteiger partial charge in [0.2, 0.25) is 5.91 Å². The highest BCUT2D eigenvalue weighted by atomic mass is 35.5. The molecule has 1 atom stereocenters. The van der Waals surface area contributed by atoms with Crippen molar-refractivity contribution in [3.63, 3.8) is 0 Å². The van der Waals surface area contributed by atoms with Crippen molar-refractivity contribution in [2.75, 3.05) is 18.2 Å². The molecule has 3 nitrogen and oxygen atoms in total. The Labute approximate surface area is 206 Å². The van der Waals surface area contributed by atoms with Gasteiger partial charge in [0.05, 0.1) is 22.6 Å². The molecule has 3 aromatic carbocycles. The van der Waals surface area contributed by atoms with Crippen molar-refractivity contribution in [1.82, 2.24) is 0 Å². The molecular weight excluding hydrogens is 481 g/mol. The van der Waals surface area contributed by atoms with Gasteiger partial charge in [-0.3, -0.25) is 4.79 Å². The highest BCUT2D eigenvalue weighted by Crippen LogP contribution is 2.41. The summed E-state index contributed by atoms with van der Waals surface area (Å²) in [6.45, 7) is -0.296. The van der Waals surface area contributed by atoms with E-state index in [1.807, 2.05) is 54.4 Å². The Morgan fingerprint density at radius 2 is 1.62 bits per heavy atom. The predicted molar refractivity (Wildman–Crippen MR) is 137 cm³/mol. The minimum absolute atomic E-state index is 0.296. The number of carbonyl (C=O) groups is 1. The molecule has 0 saturated heterocycles. The molecule has 1 unspecified atom stereocenters. The highest BCUT2D eigenvalue weighted by Gasteiger charge is 2.23. The van der Waals surface area contributed by atoms with Gasteiger partial charge < -0.3 is 10.4 Å². The standard InChI is InChI=1S/C25H23Cl2NO2S2/c1-31-18-6-2-15(3-7-18)21(14-29)25(30)28-17-12-22(26)24(23(27)13-17)16-4-8-19(9-5-16)32-20-10-11-20/h2-9,12-13,20-21,29H,10-11,14H2,1H3,(H,28,30). The lowest BCUT2D eigenvalue weighted by Gasteiger charge is -2.17. The second-order valence-corrected chi connectivity index (χ2v) is 10.7. The Morgan fingerprint density at radius 3 is 2.16 bits per heavy atom. The van der Waals surface area contributed by atoms with Crippen LogP contribution in [0.2, 0.25) is 10.0 Å². The molecule has 32 heavy (non-hydrogen) atoms. The quantitative estimate of drug-likeness (QED) is 0.315. The summed E-state index contributed by atoms with van der Waals surface area (Å²) in [7, 11) is 0. The molecule has 4 rings (SSSR count). The van der Waals surface area contributed by atoms with Crippen LogP contribution in [0.5, 0.6) is 0 Å². The lowest BCUT2D eigenvalue weighted by Crippen LogP contribution is -2.24. The van der Waals surface area contributed by atoms with Gasteiger partial charge in [-0.15, -0.1) is 23.5 Å². The Bertz CT molecular complexity index is 1080. The third kappa shape index (κ3) is 5.64. The molecular formula is C25H23Cl2NO2S2. The lowest BCUT2D eigenvalue weighted by atomic mass is 9.99. The number of carbonyl (C=O) groups excluding carboxylic acids is 1. The fourth-order valence-corrected chi connectivity index (χ4v) is 5.57. The minimum Gasteiger partial charge on any atom is -0.395 e. The van der Waals surface area contributed by atoms with Crippen LogP contribution in [0, 0.1) is 0 Å². The monoisotopic (exact) mass is 503 g/mol. The molecule has 1 aliphatic carbocycles. The first-order valence-corrected chi connectivity index (χ1v) is 13.2. The number of benzene rings is 3. The molecule has 7 heteroatoms. The Morgan fingerprint density at radius 1 is 1.03 bits per heavy atom. The third-order valence-electron chi connectivity index (χ3n) is 5.30. The van der Waals surface area contributed by atoms with Gasteiger partial charge >= 0.3 is 0 Å². The Balaban J connectivity index is 1.50. The fourth-order valence-electron chi connectivity index (χ4n) is 3.40. The Kier molecular flexibility index (Phi) is 7.74. The van der Waals surface area contributed by atoms with Crippen molar-refractivity contribution in [2.24, 2.45) is 0 Å². The van der Waals surface area contributed by atoms with Crippen LogP contribution in [0.15, 0.2) is 70.5 Å². The zero-order chi connectivity index (χ0) is 22.7. The van der Waals surface area contributed by atoms with Crippen molar-refractivity contribution >= 4 is 58.3 Å². The first kappa shape index (κ1) is 23.5. The van der Waals surface area contributed by atoms with Crippen LogP contribution < -0.4 is 5.32 Å². The largest absolute Gasteiger partial charge is 0.395 e. The van der Waals surface area contributed by atoms with Gasteiger partial charge in [0, 0.05) is 26.3 Å². The molecule has 1 saturated carbocycles. The van der Waals surface area contributed by atoms with E-state index in [0.717, 1.165) is 26.8 Å². The van der Waals surface area contributed by atoms with Crippen LogP contribution in [-0.2, 0) is 4.79 Å². The van der Waals surface area contributed by atoms with Gasteiger partial charge in [0.15, 0.2) is 0 Å². The number of halogens is 2. The van der Waals surface area contributed by atoms with Crippen LogP contribution in [-0.4, -0.2) is 29.1 Å². The summed E-state index contributed by atoms with van der Waals surface area (Å²) in [6.07, 6.45) is 4.57. The van der Waals surface area contributed by atoms with Gasteiger partial charge in [-0.1, -0.05) is 47.5 Å². The highest BCUT2D eigenvalue weighted by molar-refractivity contribution is 8.00. The molecule has 0 aromatic heterocycles. The predicted octanol–water partition coefficient (Wildman–Crippen LogP) is 7.35. The number of nitrogens with one attached hydrogen (secondary N) is 1. The van der Waals surface area contributed by atoms with Crippen LogP contribution in [0.25, 0.3) is 11.1 Å². The van der Waals surface area contributed by atoms with Crippen LogP contribution in [0.4, 0.5) is 5.69 Å². The van der Waals surface area contributed by atoms with Crippen molar-refractivity contribution in [2.45, 2.75) is 33.8 Å². The lowest BCUT2D eigenvalue weighted by molar-refractivity contribution is -0.118. The van der Waals surface area contributed by atoms with Gasteiger partial charge in [-0.05, 0) is 66.6 Å². The minimum atomic E-state index is -0.681. The van der Waals surface area contributed by atoms with Gasteiger partial charge in [0.1, 0.15) is 0 Å². The smallest absolute Gasteiger partial charge is 0.234 e. The van der Waals surface area contributed by atoms with Crippen molar-refractivity contribution < 1.29 is 9.90 Å². The number of aliphatic hydroxyl groups is 1. The molecule has 0 heterocycles. The maximum atomic E-state index is 12.8. The summed E-state index contributed by atoms with van der Waals surface area (Å²) in [4.78, 5) is 15.2. The normalized spacial score (nSPS) is 14.2. The maximum Gasteiger partial charge on any atom is 0.234 e. The summed E-state index contributed by atoms with van der Waals surface area (Å²) >= 11 is 16.6. The number of aliphatic hydroxyl groups excluding tert-OH is 1. The van der Waals surface area contributed by atoms with E-state index in [1.54, 1.807) is 23.9 Å². The first-order chi connectivity index (χ1) is 15.5.